The van der Waals surface area contributed by atoms with Crippen molar-refractivity contribution in [3.8, 4) is 11.5 Å². The molecule has 7 nitrogen and oxygen atoms in total. The van der Waals surface area contributed by atoms with E-state index in [1.165, 1.54) is 16.0 Å². The molecule has 2 aromatic carbocycles. The van der Waals surface area contributed by atoms with Gasteiger partial charge in [-0.2, -0.15) is 4.31 Å². The van der Waals surface area contributed by atoms with Crippen molar-refractivity contribution < 1.29 is 17.9 Å². The third-order valence-corrected chi connectivity index (χ3v) is 9.43. The number of fused-ring (bicyclic) bond motifs is 1. The van der Waals surface area contributed by atoms with Gasteiger partial charge >= 0.3 is 0 Å². The molecule has 0 spiro atoms. The summed E-state index contributed by atoms with van der Waals surface area (Å²) >= 11 is 1.77. The van der Waals surface area contributed by atoms with Crippen LogP contribution in [-0.2, 0) is 23.2 Å². The molecule has 38 heavy (non-hydrogen) atoms. The highest BCUT2D eigenvalue weighted by atomic mass is 32.2. The van der Waals surface area contributed by atoms with E-state index in [4.69, 9.17) is 9.47 Å². The van der Waals surface area contributed by atoms with Crippen LogP contribution < -0.4 is 9.47 Å². The average Bonchev–Trinajstić information content (AvgIpc) is 3.33. The standard InChI is InChI=1S/C29H33N3O4S2/c1-21-25-17-24(18-31-12-14-32(15-13-31)38(4,33)34)37-29(25)26(19-30(21)2)23-10-11-27(35-3)28(16-23)36-20-22-8-6-5-7-9-22/h5-11,16-17,19H,1,12-15,18,20H2,2-4H3. The molecule has 9 heteroatoms. The second kappa shape index (κ2) is 10.9. The van der Waals surface area contributed by atoms with Crippen LogP contribution >= 0.6 is 11.3 Å². The molecule has 5 rings (SSSR count). The highest BCUT2D eigenvalue weighted by molar-refractivity contribution is 7.88. The molecule has 0 radical (unpaired) electrons. The summed E-state index contributed by atoms with van der Waals surface area (Å²) in [5, 5.41) is 0. The summed E-state index contributed by atoms with van der Waals surface area (Å²) in [6, 6.07) is 18.4. The van der Waals surface area contributed by atoms with Gasteiger partial charge in [0.25, 0.3) is 0 Å². The zero-order valence-corrected chi connectivity index (χ0v) is 23.6. The Labute approximate surface area is 229 Å². The molecule has 0 bridgehead atoms. The van der Waals surface area contributed by atoms with E-state index >= 15 is 0 Å². The van der Waals surface area contributed by atoms with Crippen molar-refractivity contribution in [1.29, 1.82) is 0 Å². The molecule has 200 valence electrons. The van der Waals surface area contributed by atoms with Crippen LogP contribution in [0.15, 0.2) is 67.4 Å². The van der Waals surface area contributed by atoms with Gasteiger partial charge in [0.15, 0.2) is 11.5 Å². The van der Waals surface area contributed by atoms with Crippen LogP contribution in [0.5, 0.6) is 11.5 Å². The zero-order valence-electron chi connectivity index (χ0n) is 22.0. The van der Waals surface area contributed by atoms with Crippen molar-refractivity contribution in [3.63, 3.8) is 0 Å². The normalized spacial score (nSPS) is 16.8. The monoisotopic (exact) mass is 551 g/mol. The Kier molecular flexibility index (Phi) is 7.63. The van der Waals surface area contributed by atoms with E-state index in [1.807, 2.05) is 49.5 Å². The van der Waals surface area contributed by atoms with Crippen LogP contribution in [0.2, 0.25) is 0 Å². The van der Waals surface area contributed by atoms with Gasteiger partial charge in [0.1, 0.15) is 6.61 Å². The lowest BCUT2D eigenvalue weighted by Gasteiger charge is -2.32. The van der Waals surface area contributed by atoms with Gasteiger partial charge in [-0.15, -0.1) is 11.3 Å². The van der Waals surface area contributed by atoms with E-state index in [1.54, 1.807) is 22.8 Å². The van der Waals surface area contributed by atoms with Crippen molar-refractivity contribution >= 4 is 32.6 Å². The van der Waals surface area contributed by atoms with Crippen LogP contribution in [0.25, 0.3) is 11.3 Å². The lowest BCUT2D eigenvalue weighted by molar-refractivity contribution is 0.183. The highest BCUT2D eigenvalue weighted by Gasteiger charge is 2.27. The van der Waals surface area contributed by atoms with E-state index < -0.39 is 10.0 Å². The fourth-order valence-corrected chi connectivity index (χ4v) is 6.87. The Hall–Kier alpha value is -3.11. The minimum Gasteiger partial charge on any atom is -0.493 e. The Morgan fingerprint density at radius 2 is 1.74 bits per heavy atom. The van der Waals surface area contributed by atoms with Gasteiger partial charge in [-0.25, -0.2) is 8.42 Å². The van der Waals surface area contributed by atoms with E-state index in [0.717, 1.165) is 47.6 Å². The number of nitrogens with zero attached hydrogens (tertiary/aromatic N) is 3. The maximum Gasteiger partial charge on any atom is 0.211 e. The third-order valence-electron chi connectivity index (χ3n) is 6.98. The molecule has 2 aliphatic heterocycles. The lowest BCUT2D eigenvalue weighted by Crippen LogP contribution is -2.47. The molecular weight excluding hydrogens is 518 g/mol. The molecule has 0 aliphatic carbocycles. The topological polar surface area (TPSA) is 62.3 Å². The number of thiophene rings is 1. The number of sulfonamides is 1. The van der Waals surface area contributed by atoms with Gasteiger partial charge in [-0.05, 0) is 29.3 Å². The molecule has 1 fully saturated rings. The van der Waals surface area contributed by atoms with Crippen LogP contribution in [0.3, 0.4) is 0 Å². The first-order valence-electron chi connectivity index (χ1n) is 12.5. The van der Waals surface area contributed by atoms with Gasteiger partial charge in [-0.3, -0.25) is 4.90 Å². The molecule has 0 amide bonds. The van der Waals surface area contributed by atoms with E-state index in [2.05, 4.69) is 34.7 Å². The van der Waals surface area contributed by atoms with Crippen molar-refractivity contribution in [1.82, 2.24) is 14.1 Å². The van der Waals surface area contributed by atoms with Gasteiger partial charge in [-0.1, -0.05) is 43.0 Å². The second-order valence-corrected chi connectivity index (χ2v) is 12.8. The molecule has 3 aromatic rings. The molecule has 0 atom stereocenters. The van der Waals surface area contributed by atoms with Crippen molar-refractivity contribution in [2.75, 3.05) is 46.6 Å². The zero-order chi connectivity index (χ0) is 26.9. The predicted octanol–water partition coefficient (Wildman–Crippen LogP) is 4.72. The number of rotatable bonds is 8. The van der Waals surface area contributed by atoms with E-state index in [0.29, 0.717) is 31.2 Å². The molecule has 0 unspecified atom stereocenters. The Bertz CT molecular complexity index is 1460. The van der Waals surface area contributed by atoms with Gasteiger partial charge in [0.2, 0.25) is 10.0 Å². The summed E-state index contributed by atoms with van der Waals surface area (Å²) in [5.74, 6) is 1.39. The number of methoxy groups -OCH3 is 1. The molecular formula is C29H33N3O4S2. The molecule has 0 N–H and O–H groups in total. The van der Waals surface area contributed by atoms with Gasteiger partial charge in [0.05, 0.1) is 13.4 Å². The van der Waals surface area contributed by atoms with Gasteiger partial charge < -0.3 is 14.4 Å². The highest BCUT2D eigenvalue weighted by Crippen LogP contribution is 2.43. The molecule has 3 heterocycles. The SMILES string of the molecule is C=C1c2cc(CN3CCN(S(C)(=O)=O)CC3)sc2C(c2ccc(OC)c(OCc3ccccc3)c2)=CN1C. The van der Waals surface area contributed by atoms with Crippen molar-refractivity contribution in [2.45, 2.75) is 13.2 Å². The van der Waals surface area contributed by atoms with Gasteiger partial charge in [0, 0.05) is 72.6 Å². The van der Waals surface area contributed by atoms with E-state index in [9.17, 15) is 8.42 Å². The number of hydrogen-bond acceptors (Lipinski definition) is 7. The summed E-state index contributed by atoms with van der Waals surface area (Å²) in [5.41, 5.74) is 5.34. The van der Waals surface area contributed by atoms with Crippen LogP contribution in [0.4, 0.5) is 0 Å². The molecule has 0 saturated carbocycles. The largest absolute Gasteiger partial charge is 0.493 e. The minimum atomic E-state index is -3.14. The summed E-state index contributed by atoms with van der Waals surface area (Å²) in [6.45, 7) is 8.07. The molecule has 1 saturated heterocycles. The number of piperazine rings is 1. The number of benzene rings is 2. The number of hydrogen-bond donors (Lipinski definition) is 0. The molecule has 2 aliphatic rings. The first-order chi connectivity index (χ1) is 18.2. The first kappa shape index (κ1) is 26.5. The quantitative estimate of drug-likeness (QED) is 0.404. The molecule has 1 aromatic heterocycles. The fraction of sp³-hybridized carbons (Fsp3) is 0.310. The Balaban J connectivity index is 1.39. The smallest absolute Gasteiger partial charge is 0.211 e. The van der Waals surface area contributed by atoms with Crippen LogP contribution in [0.1, 0.15) is 26.4 Å². The summed E-state index contributed by atoms with van der Waals surface area (Å²) in [6.07, 6.45) is 3.40. The second-order valence-electron chi connectivity index (χ2n) is 9.63. The van der Waals surface area contributed by atoms with Crippen LogP contribution in [0, 0.1) is 0 Å². The summed E-state index contributed by atoms with van der Waals surface area (Å²) < 4.78 is 37.1. The van der Waals surface area contributed by atoms with Crippen LogP contribution in [-0.4, -0.2) is 69.1 Å². The summed E-state index contributed by atoms with van der Waals surface area (Å²) in [4.78, 5) is 6.79. The predicted molar refractivity (Wildman–Crippen MR) is 154 cm³/mol. The third kappa shape index (κ3) is 5.66. The Morgan fingerprint density at radius 3 is 2.42 bits per heavy atom. The fourth-order valence-electron chi connectivity index (χ4n) is 4.79. The average molecular weight is 552 g/mol. The Morgan fingerprint density at radius 1 is 1.00 bits per heavy atom. The van der Waals surface area contributed by atoms with E-state index in [-0.39, 0.29) is 0 Å². The first-order valence-corrected chi connectivity index (χ1v) is 15.2. The van der Waals surface area contributed by atoms with Crippen molar-refractivity contribution in [2.24, 2.45) is 0 Å². The maximum atomic E-state index is 11.9. The maximum absolute atomic E-state index is 11.9. The lowest BCUT2D eigenvalue weighted by atomic mass is 9.97. The summed E-state index contributed by atoms with van der Waals surface area (Å²) in [7, 11) is 0.532. The minimum absolute atomic E-state index is 0.456. The number of ether oxygens (including phenoxy) is 2. The van der Waals surface area contributed by atoms with Crippen molar-refractivity contribution in [3.05, 3.63) is 93.8 Å².